The highest BCUT2D eigenvalue weighted by atomic mass is 32.1. The van der Waals surface area contributed by atoms with E-state index in [0.29, 0.717) is 4.88 Å². The Labute approximate surface area is 91.9 Å². The van der Waals surface area contributed by atoms with Gasteiger partial charge in [0.1, 0.15) is 5.83 Å². The molecule has 2 aromatic heterocycles. The van der Waals surface area contributed by atoms with Crippen molar-refractivity contribution >= 4 is 17.2 Å². The second-order valence-electron chi connectivity index (χ2n) is 2.96. The molecule has 2 aromatic rings. The first-order chi connectivity index (χ1) is 7.31. The van der Waals surface area contributed by atoms with E-state index in [2.05, 4.69) is 11.9 Å². The molecule has 0 bridgehead atoms. The molecule has 75 valence electrons. The fourth-order valence-electron chi connectivity index (χ4n) is 1.23. The lowest BCUT2D eigenvalue weighted by Gasteiger charge is -1.94. The maximum Gasteiger partial charge on any atom is 0.136 e. The van der Waals surface area contributed by atoms with E-state index in [-0.39, 0.29) is 5.83 Å². The van der Waals surface area contributed by atoms with Crippen LogP contribution in [0.25, 0.3) is 16.3 Å². The summed E-state index contributed by atoms with van der Waals surface area (Å²) in [4.78, 5) is 5.63. The lowest BCUT2D eigenvalue weighted by atomic mass is 10.2. The van der Waals surface area contributed by atoms with Gasteiger partial charge in [-0.1, -0.05) is 6.07 Å². The highest BCUT2D eigenvalue weighted by molar-refractivity contribution is 7.16. The zero-order valence-corrected chi connectivity index (χ0v) is 8.80. The third kappa shape index (κ3) is 2.13. The minimum atomic E-state index is -0.282. The van der Waals surface area contributed by atoms with Crippen LogP contribution in [0, 0.1) is 6.92 Å². The predicted molar refractivity (Wildman–Crippen MR) is 62.0 cm³/mol. The van der Waals surface area contributed by atoms with Crippen LogP contribution in [0.15, 0.2) is 42.7 Å². The van der Waals surface area contributed by atoms with Crippen LogP contribution in [-0.2, 0) is 0 Å². The van der Waals surface area contributed by atoms with Crippen LogP contribution in [0.5, 0.6) is 0 Å². The molecule has 2 rings (SSSR count). The molecule has 0 aliphatic heterocycles. The average molecular weight is 218 g/mol. The van der Waals surface area contributed by atoms with Crippen LogP contribution >= 0.6 is 11.3 Å². The first-order valence-corrected chi connectivity index (χ1v) is 5.28. The van der Waals surface area contributed by atoms with Gasteiger partial charge >= 0.3 is 0 Å². The van der Waals surface area contributed by atoms with E-state index in [1.807, 2.05) is 18.2 Å². The number of aromatic nitrogens is 1. The van der Waals surface area contributed by atoms with E-state index < -0.39 is 0 Å². The van der Waals surface area contributed by atoms with Gasteiger partial charge < -0.3 is 0 Å². The zero-order valence-electron chi connectivity index (χ0n) is 7.98. The van der Waals surface area contributed by atoms with E-state index in [0.717, 1.165) is 10.4 Å². The van der Waals surface area contributed by atoms with Gasteiger partial charge in [-0.3, -0.25) is 4.98 Å². The van der Waals surface area contributed by atoms with Crippen LogP contribution in [0.3, 0.4) is 0 Å². The molecule has 15 heavy (non-hydrogen) atoms. The van der Waals surface area contributed by atoms with Gasteiger partial charge in [-0.25, -0.2) is 4.39 Å². The standard InChI is InChI=1S/C12H9FNS/c1-2-10(13)12-6-5-11(15-12)9-4-3-7-14-8-9/h2-8H,1H2/b10-2+. The quantitative estimate of drug-likeness (QED) is 0.743. The predicted octanol–water partition coefficient (Wildman–Crippen LogP) is 3.95. The minimum Gasteiger partial charge on any atom is -0.264 e. The normalized spacial score (nSPS) is 11.7. The molecule has 3 heteroatoms. The highest BCUT2D eigenvalue weighted by Gasteiger charge is 2.05. The lowest BCUT2D eigenvalue weighted by molar-refractivity contribution is 0.764. The number of hydrogen-bond acceptors (Lipinski definition) is 2. The largest absolute Gasteiger partial charge is 0.264 e. The molecule has 0 N–H and O–H groups in total. The Bertz CT molecular complexity index is 473. The van der Waals surface area contributed by atoms with Crippen molar-refractivity contribution in [1.82, 2.24) is 4.98 Å². The number of nitrogens with zero attached hydrogens (tertiary/aromatic N) is 1. The smallest absolute Gasteiger partial charge is 0.136 e. The van der Waals surface area contributed by atoms with Crippen LogP contribution in [-0.4, -0.2) is 4.98 Å². The second kappa shape index (κ2) is 4.36. The fraction of sp³-hybridized carbons (Fsp3) is 0. The number of rotatable bonds is 2. The lowest BCUT2D eigenvalue weighted by Crippen LogP contribution is -1.72. The van der Waals surface area contributed by atoms with Crippen molar-refractivity contribution in [3.63, 3.8) is 0 Å². The van der Waals surface area contributed by atoms with E-state index in [4.69, 9.17) is 0 Å². The van der Waals surface area contributed by atoms with Gasteiger partial charge in [-0.15, -0.1) is 11.3 Å². The fourth-order valence-corrected chi connectivity index (χ4v) is 2.16. The monoisotopic (exact) mass is 218 g/mol. The molecular formula is C12H9FNS. The van der Waals surface area contributed by atoms with Crippen LogP contribution in [0.4, 0.5) is 4.39 Å². The molecular weight excluding hydrogens is 209 g/mol. The molecule has 0 atom stereocenters. The zero-order chi connectivity index (χ0) is 10.7. The number of halogens is 1. The molecule has 1 radical (unpaired) electrons. The Morgan fingerprint density at radius 3 is 2.93 bits per heavy atom. The molecule has 0 spiro atoms. The van der Waals surface area contributed by atoms with Crippen molar-refractivity contribution < 1.29 is 4.39 Å². The summed E-state index contributed by atoms with van der Waals surface area (Å²) in [5.74, 6) is -0.282. The molecule has 2 heterocycles. The summed E-state index contributed by atoms with van der Waals surface area (Å²) in [6.07, 6.45) is 4.70. The number of allylic oxidation sites excluding steroid dienone is 1. The number of thiophene rings is 1. The van der Waals surface area contributed by atoms with Crippen molar-refractivity contribution in [2.45, 2.75) is 0 Å². The topological polar surface area (TPSA) is 12.9 Å². The summed E-state index contributed by atoms with van der Waals surface area (Å²) in [5, 5.41) is 0. The van der Waals surface area contributed by atoms with Gasteiger partial charge in [0.15, 0.2) is 0 Å². The Balaban J connectivity index is 2.36. The van der Waals surface area contributed by atoms with Crippen molar-refractivity contribution in [3.8, 4) is 10.4 Å². The first-order valence-electron chi connectivity index (χ1n) is 4.47. The first kappa shape index (κ1) is 10.1. The van der Waals surface area contributed by atoms with Gasteiger partial charge in [0.25, 0.3) is 0 Å². The Morgan fingerprint density at radius 2 is 2.27 bits per heavy atom. The Kier molecular flexibility index (Phi) is 2.92. The maximum absolute atomic E-state index is 13.2. The van der Waals surface area contributed by atoms with E-state index >= 15 is 0 Å². The maximum atomic E-state index is 13.2. The summed E-state index contributed by atoms with van der Waals surface area (Å²) >= 11 is 1.40. The summed E-state index contributed by atoms with van der Waals surface area (Å²) < 4.78 is 13.2. The Hall–Kier alpha value is -1.48. The van der Waals surface area contributed by atoms with E-state index in [9.17, 15) is 4.39 Å². The molecule has 0 amide bonds. The average Bonchev–Trinajstić information content (AvgIpc) is 2.78. The summed E-state index contributed by atoms with van der Waals surface area (Å²) in [6, 6.07) is 7.46. The van der Waals surface area contributed by atoms with Crippen molar-refractivity contribution in [3.05, 3.63) is 54.5 Å². The van der Waals surface area contributed by atoms with Crippen molar-refractivity contribution in [2.24, 2.45) is 0 Å². The Morgan fingerprint density at radius 1 is 1.40 bits per heavy atom. The molecule has 0 fully saturated rings. The van der Waals surface area contributed by atoms with Gasteiger partial charge in [-0.2, -0.15) is 0 Å². The minimum absolute atomic E-state index is 0.282. The molecule has 0 aliphatic rings. The van der Waals surface area contributed by atoms with Gasteiger partial charge in [-0.05, 0) is 31.2 Å². The summed E-state index contributed by atoms with van der Waals surface area (Å²) in [5.41, 5.74) is 1.01. The molecule has 0 aliphatic carbocycles. The molecule has 0 saturated heterocycles. The molecule has 0 saturated carbocycles. The third-order valence-corrected chi connectivity index (χ3v) is 3.11. The SMILES string of the molecule is [CH2]/C=C(/F)c1ccc(-c2cccnc2)s1. The highest BCUT2D eigenvalue weighted by Crippen LogP contribution is 2.31. The van der Waals surface area contributed by atoms with Crippen molar-refractivity contribution in [1.29, 1.82) is 0 Å². The van der Waals surface area contributed by atoms with Crippen LogP contribution in [0.1, 0.15) is 4.88 Å². The summed E-state index contributed by atoms with van der Waals surface area (Å²) in [6.45, 7) is 3.40. The van der Waals surface area contributed by atoms with Crippen molar-refractivity contribution in [2.75, 3.05) is 0 Å². The van der Waals surface area contributed by atoms with E-state index in [1.54, 1.807) is 18.5 Å². The second-order valence-corrected chi connectivity index (χ2v) is 4.04. The van der Waals surface area contributed by atoms with Gasteiger partial charge in [0.2, 0.25) is 0 Å². The molecule has 0 unspecified atom stereocenters. The molecule has 1 nitrogen and oxygen atoms in total. The molecule has 0 aromatic carbocycles. The van der Waals surface area contributed by atoms with Crippen LogP contribution in [0.2, 0.25) is 0 Å². The van der Waals surface area contributed by atoms with Crippen LogP contribution < -0.4 is 0 Å². The number of pyridine rings is 1. The summed E-state index contributed by atoms with van der Waals surface area (Å²) in [7, 11) is 0. The van der Waals surface area contributed by atoms with Gasteiger partial charge in [0.05, 0.1) is 4.88 Å². The number of hydrogen-bond donors (Lipinski definition) is 0. The third-order valence-electron chi connectivity index (χ3n) is 1.97. The van der Waals surface area contributed by atoms with Gasteiger partial charge in [0, 0.05) is 22.8 Å². The van der Waals surface area contributed by atoms with E-state index in [1.165, 1.54) is 17.4 Å².